The van der Waals surface area contributed by atoms with E-state index in [1.54, 1.807) is 0 Å². The molecule has 0 spiro atoms. The Bertz CT molecular complexity index is 351. The molecule has 1 heterocycles. The zero-order valence-corrected chi connectivity index (χ0v) is 11.9. The molecule has 1 aromatic carbocycles. The maximum Gasteiger partial charge on any atom is 0.187 e. The Morgan fingerprint density at radius 1 is 1.33 bits per heavy atom. The minimum absolute atomic E-state index is 0.316. The van der Waals surface area contributed by atoms with Gasteiger partial charge in [-0.15, -0.1) is 0 Å². The van der Waals surface area contributed by atoms with Gasteiger partial charge in [0.05, 0.1) is 6.10 Å². The molecule has 0 bridgehead atoms. The van der Waals surface area contributed by atoms with Crippen LogP contribution in [0.15, 0.2) is 28.7 Å². The highest BCUT2D eigenvalue weighted by Crippen LogP contribution is 2.37. The van der Waals surface area contributed by atoms with Gasteiger partial charge in [0, 0.05) is 4.47 Å². The fourth-order valence-corrected chi connectivity index (χ4v) is 4.90. The molecule has 1 fully saturated rings. The van der Waals surface area contributed by atoms with Crippen LogP contribution >= 0.6 is 15.9 Å². The summed E-state index contributed by atoms with van der Waals surface area (Å²) in [7, 11) is -1.38. The molecule has 15 heavy (non-hydrogen) atoms. The van der Waals surface area contributed by atoms with Crippen molar-refractivity contribution in [3.05, 3.63) is 34.3 Å². The highest BCUT2D eigenvalue weighted by molar-refractivity contribution is 9.10. The van der Waals surface area contributed by atoms with Gasteiger partial charge in [0.25, 0.3) is 0 Å². The summed E-state index contributed by atoms with van der Waals surface area (Å²) in [5, 5.41) is 0. The van der Waals surface area contributed by atoms with Gasteiger partial charge in [-0.3, -0.25) is 0 Å². The fourth-order valence-electron chi connectivity index (χ4n) is 2.17. The second-order valence-electron chi connectivity index (χ2n) is 4.78. The Hall–Kier alpha value is -0.123. The van der Waals surface area contributed by atoms with Crippen molar-refractivity contribution in [3.63, 3.8) is 0 Å². The molecule has 1 unspecified atom stereocenters. The van der Waals surface area contributed by atoms with Gasteiger partial charge in [-0.05, 0) is 37.2 Å². The van der Waals surface area contributed by atoms with E-state index in [-0.39, 0.29) is 0 Å². The van der Waals surface area contributed by atoms with Gasteiger partial charge in [-0.1, -0.05) is 40.5 Å². The van der Waals surface area contributed by atoms with E-state index in [9.17, 15) is 0 Å². The third-order valence-electron chi connectivity index (χ3n) is 2.96. The SMILES string of the molecule is C[Si]1(C)CCCC(c2ccccc2Br)O1. The van der Waals surface area contributed by atoms with Crippen LogP contribution in [-0.4, -0.2) is 8.32 Å². The summed E-state index contributed by atoms with van der Waals surface area (Å²) in [5.41, 5.74) is 1.32. The van der Waals surface area contributed by atoms with Gasteiger partial charge in [0.1, 0.15) is 0 Å². The van der Waals surface area contributed by atoms with Gasteiger partial charge in [-0.2, -0.15) is 0 Å². The molecule has 1 saturated heterocycles. The average molecular weight is 285 g/mol. The molecular weight excluding hydrogens is 268 g/mol. The highest BCUT2D eigenvalue weighted by atomic mass is 79.9. The number of rotatable bonds is 1. The topological polar surface area (TPSA) is 9.23 Å². The minimum atomic E-state index is -1.38. The maximum absolute atomic E-state index is 6.25. The van der Waals surface area contributed by atoms with Crippen LogP contribution in [0.3, 0.4) is 0 Å². The Morgan fingerprint density at radius 3 is 2.73 bits per heavy atom. The van der Waals surface area contributed by atoms with E-state index in [0.717, 1.165) is 0 Å². The van der Waals surface area contributed by atoms with Crippen molar-refractivity contribution >= 4 is 24.2 Å². The van der Waals surface area contributed by atoms with Crippen molar-refractivity contribution < 1.29 is 4.43 Å². The molecule has 0 saturated carbocycles. The summed E-state index contributed by atoms with van der Waals surface area (Å²) in [6.07, 6.45) is 2.79. The van der Waals surface area contributed by atoms with E-state index in [1.807, 2.05) is 0 Å². The molecule has 0 aliphatic carbocycles. The largest absolute Gasteiger partial charge is 0.410 e. The van der Waals surface area contributed by atoms with Crippen LogP contribution in [-0.2, 0) is 4.43 Å². The van der Waals surface area contributed by atoms with Gasteiger partial charge < -0.3 is 4.43 Å². The number of hydrogen-bond acceptors (Lipinski definition) is 1. The summed E-state index contributed by atoms with van der Waals surface area (Å²) in [6, 6.07) is 9.71. The number of benzene rings is 1. The number of hydrogen-bond donors (Lipinski definition) is 0. The zero-order chi connectivity index (χ0) is 10.9. The lowest BCUT2D eigenvalue weighted by molar-refractivity contribution is 0.163. The molecule has 1 atom stereocenters. The third-order valence-corrected chi connectivity index (χ3v) is 6.16. The van der Waals surface area contributed by atoms with E-state index in [4.69, 9.17) is 4.43 Å². The summed E-state index contributed by atoms with van der Waals surface area (Å²) in [5.74, 6) is 0. The molecule has 1 aromatic rings. The fraction of sp³-hybridized carbons (Fsp3) is 0.500. The van der Waals surface area contributed by atoms with Gasteiger partial charge in [0.15, 0.2) is 8.32 Å². The van der Waals surface area contributed by atoms with Crippen molar-refractivity contribution in [1.29, 1.82) is 0 Å². The Kier molecular flexibility index (Phi) is 3.33. The first kappa shape index (κ1) is 11.4. The highest BCUT2D eigenvalue weighted by Gasteiger charge is 2.32. The van der Waals surface area contributed by atoms with Crippen LogP contribution in [0, 0.1) is 0 Å². The monoisotopic (exact) mass is 284 g/mol. The summed E-state index contributed by atoms with van der Waals surface area (Å²) < 4.78 is 7.43. The van der Waals surface area contributed by atoms with E-state index in [2.05, 4.69) is 53.3 Å². The van der Waals surface area contributed by atoms with Gasteiger partial charge >= 0.3 is 0 Å². The third kappa shape index (κ3) is 2.71. The van der Waals surface area contributed by atoms with Crippen molar-refractivity contribution in [2.75, 3.05) is 0 Å². The summed E-state index contributed by atoms with van der Waals surface area (Å²) in [4.78, 5) is 0. The molecule has 1 nitrogen and oxygen atoms in total. The molecule has 0 amide bonds. The van der Waals surface area contributed by atoms with Gasteiger partial charge in [0.2, 0.25) is 0 Å². The van der Waals surface area contributed by atoms with Crippen LogP contribution in [0.5, 0.6) is 0 Å². The van der Waals surface area contributed by atoms with Crippen molar-refractivity contribution in [2.24, 2.45) is 0 Å². The Balaban J connectivity index is 2.21. The lowest BCUT2D eigenvalue weighted by Gasteiger charge is -2.35. The van der Waals surface area contributed by atoms with Crippen LogP contribution in [0.25, 0.3) is 0 Å². The van der Waals surface area contributed by atoms with E-state index in [1.165, 1.54) is 28.9 Å². The van der Waals surface area contributed by atoms with Crippen molar-refractivity contribution in [3.8, 4) is 0 Å². The lowest BCUT2D eigenvalue weighted by Crippen LogP contribution is -2.35. The molecule has 3 heteroatoms. The smallest absolute Gasteiger partial charge is 0.187 e. The normalized spacial score (nSPS) is 25.1. The van der Waals surface area contributed by atoms with Crippen molar-refractivity contribution in [1.82, 2.24) is 0 Å². The predicted molar refractivity (Wildman–Crippen MR) is 69.5 cm³/mol. The molecule has 1 aliphatic rings. The first-order valence-electron chi connectivity index (χ1n) is 5.51. The molecule has 0 radical (unpaired) electrons. The van der Waals surface area contributed by atoms with Crippen molar-refractivity contribution in [2.45, 2.75) is 38.1 Å². The van der Waals surface area contributed by atoms with Gasteiger partial charge in [-0.25, -0.2) is 0 Å². The molecule has 2 rings (SSSR count). The van der Waals surface area contributed by atoms with E-state index >= 15 is 0 Å². The molecule has 82 valence electrons. The second kappa shape index (κ2) is 4.40. The summed E-state index contributed by atoms with van der Waals surface area (Å²) >= 11 is 3.60. The molecule has 1 aliphatic heterocycles. The summed E-state index contributed by atoms with van der Waals surface area (Å²) in [6.45, 7) is 4.63. The first-order valence-corrected chi connectivity index (χ1v) is 9.41. The minimum Gasteiger partial charge on any atom is -0.410 e. The molecular formula is C12H17BrOSi. The van der Waals surface area contributed by atoms with E-state index < -0.39 is 8.32 Å². The Morgan fingerprint density at radius 2 is 2.07 bits per heavy atom. The predicted octanol–water partition coefficient (Wildman–Crippen LogP) is 4.51. The average Bonchev–Trinajstić information content (AvgIpc) is 2.17. The van der Waals surface area contributed by atoms with Crippen LogP contribution in [0.1, 0.15) is 24.5 Å². The second-order valence-corrected chi connectivity index (χ2v) is 9.89. The Labute approximate surface area is 101 Å². The zero-order valence-electron chi connectivity index (χ0n) is 9.29. The quantitative estimate of drug-likeness (QED) is 0.690. The van der Waals surface area contributed by atoms with Crippen LogP contribution in [0.4, 0.5) is 0 Å². The standard InChI is InChI=1S/C12H17BrOSi/c1-15(2)9-5-8-12(14-15)10-6-3-4-7-11(10)13/h3-4,6-7,12H,5,8-9H2,1-2H3. The first-order chi connectivity index (χ1) is 7.08. The van der Waals surface area contributed by atoms with Crippen LogP contribution in [0.2, 0.25) is 19.1 Å². The molecule has 0 N–H and O–H groups in total. The van der Waals surface area contributed by atoms with Crippen LogP contribution < -0.4 is 0 Å². The maximum atomic E-state index is 6.25. The lowest BCUT2D eigenvalue weighted by atomic mass is 10.1. The molecule has 0 aromatic heterocycles. The number of halogens is 1. The van der Waals surface area contributed by atoms with E-state index in [0.29, 0.717) is 6.10 Å².